The Labute approximate surface area is 175 Å². The minimum Gasteiger partial charge on any atom is -0.494 e. The number of esters is 1. The van der Waals surface area contributed by atoms with Crippen LogP contribution in [0.1, 0.15) is 37.7 Å². The van der Waals surface area contributed by atoms with Crippen molar-refractivity contribution in [3.8, 4) is 5.75 Å². The van der Waals surface area contributed by atoms with Gasteiger partial charge < -0.3 is 24.6 Å². The molecule has 3 rings (SSSR count). The first-order valence-corrected chi connectivity index (χ1v) is 9.64. The van der Waals surface area contributed by atoms with Gasteiger partial charge in [-0.05, 0) is 20.3 Å². The van der Waals surface area contributed by atoms with Crippen molar-refractivity contribution < 1.29 is 19.1 Å². The Morgan fingerprint density at radius 2 is 2.00 bits per heavy atom. The Morgan fingerprint density at radius 1 is 1.27 bits per heavy atom. The summed E-state index contributed by atoms with van der Waals surface area (Å²) in [6, 6.07) is 1.26. The average molecular weight is 414 g/mol. The van der Waals surface area contributed by atoms with Crippen molar-refractivity contribution in [2.75, 3.05) is 36.4 Å². The summed E-state index contributed by atoms with van der Waals surface area (Å²) < 4.78 is 10.1. The molecule has 0 unspecified atom stereocenters. The Kier molecular flexibility index (Phi) is 6.04. The molecule has 160 valence electrons. The highest BCUT2D eigenvalue weighted by atomic mass is 16.5. The van der Waals surface area contributed by atoms with Gasteiger partial charge in [0.25, 0.3) is 0 Å². The van der Waals surface area contributed by atoms with Crippen LogP contribution in [0.3, 0.4) is 0 Å². The van der Waals surface area contributed by atoms with Gasteiger partial charge >= 0.3 is 5.97 Å². The number of hydrogen-bond acceptors (Lipinski definition) is 9. The maximum Gasteiger partial charge on any atom is 0.356 e. The van der Waals surface area contributed by atoms with Gasteiger partial charge in [-0.1, -0.05) is 6.92 Å². The van der Waals surface area contributed by atoms with Crippen molar-refractivity contribution in [1.29, 1.82) is 0 Å². The fourth-order valence-corrected chi connectivity index (χ4v) is 3.47. The van der Waals surface area contributed by atoms with Crippen molar-refractivity contribution in [3.63, 3.8) is 0 Å². The summed E-state index contributed by atoms with van der Waals surface area (Å²) in [6.07, 6.45) is 3.74. The number of anilines is 4. The second kappa shape index (κ2) is 8.52. The van der Waals surface area contributed by atoms with E-state index in [0.717, 1.165) is 0 Å². The predicted octanol–water partition coefficient (Wildman–Crippen LogP) is 2.38. The lowest BCUT2D eigenvalue weighted by molar-refractivity contribution is -0.120. The van der Waals surface area contributed by atoms with E-state index in [1.165, 1.54) is 26.5 Å². The van der Waals surface area contributed by atoms with E-state index in [-0.39, 0.29) is 23.7 Å². The maximum absolute atomic E-state index is 12.8. The highest BCUT2D eigenvalue weighted by Crippen LogP contribution is 2.37. The second-order valence-corrected chi connectivity index (χ2v) is 7.11. The number of nitrogens with one attached hydrogen (secondary N) is 1. The molecule has 0 saturated heterocycles. The number of ether oxygens (including phenoxy) is 2. The van der Waals surface area contributed by atoms with Crippen LogP contribution in [0.25, 0.3) is 0 Å². The molecule has 0 radical (unpaired) electrons. The Morgan fingerprint density at radius 3 is 2.60 bits per heavy atom. The monoisotopic (exact) mass is 414 g/mol. The summed E-state index contributed by atoms with van der Waals surface area (Å²) in [5, 5.41) is 3.08. The third kappa shape index (κ3) is 3.72. The molecule has 0 aliphatic carbocycles. The number of fused-ring (bicyclic) bond motifs is 1. The van der Waals surface area contributed by atoms with Gasteiger partial charge in [0.2, 0.25) is 11.9 Å². The smallest absolute Gasteiger partial charge is 0.356 e. The Balaban J connectivity index is 2.00. The first kappa shape index (κ1) is 21.3. The highest BCUT2D eigenvalue weighted by molar-refractivity contribution is 6.04. The van der Waals surface area contributed by atoms with E-state index in [2.05, 4.69) is 25.0 Å². The summed E-state index contributed by atoms with van der Waals surface area (Å²) in [6.45, 7) is 6.04. The van der Waals surface area contributed by atoms with Gasteiger partial charge in [-0.25, -0.2) is 14.8 Å². The van der Waals surface area contributed by atoms with E-state index in [9.17, 15) is 9.59 Å². The molecule has 1 amide bonds. The van der Waals surface area contributed by atoms with Gasteiger partial charge in [-0.2, -0.15) is 4.98 Å². The van der Waals surface area contributed by atoms with Crippen LogP contribution in [-0.4, -0.2) is 60.2 Å². The third-order valence-electron chi connectivity index (χ3n) is 4.98. The molecule has 2 aromatic rings. The van der Waals surface area contributed by atoms with Crippen LogP contribution in [0, 0.1) is 0 Å². The largest absolute Gasteiger partial charge is 0.494 e. The molecule has 0 saturated carbocycles. The molecule has 2 aromatic heterocycles. The topological polar surface area (TPSA) is 110 Å². The number of amides is 1. The molecule has 0 aromatic carbocycles. The van der Waals surface area contributed by atoms with Gasteiger partial charge in [0.1, 0.15) is 23.2 Å². The lowest BCUT2D eigenvalue weighted by Crippen LogP contribution is -2.54. The highest BCUT2D eigenvalue weighted by Gasteiger charge is 2.38. The quantitative estimate of drug-likeness (QED) is 0.712. The molecule has 3 heterocycles. The van der Waals surface area contributed by atoms with Gasteiger partial charge in [-0.3, -0.25) is 4.79 Å². The SMILES string of the molecule is CC[C@@H]1C(=O)N(C)c2cnc(Nc3cnc(C(=O)OC)cc3OC)nc2N1C(C)C. The number of pyridine rings is 1. The van der Waals surface area contributed by atoms with Crippen LogP contribution < -0.4 is 19.9 Å². The van der Waals surface area contributed by atoms with E-state index in [1.54, 1.807) is 18.1 Å². The number of likely N-dealkylation sites (N-methyl/N-ethyl adjacent to an activating group) is 1. The molecule has 0 spiro atoms. The lowest BCUT2D eigenvalue weighted by atomic mass is 10.1. The van der Waals surface area contributed by atoms with Crippen LogP contribution in [-0.2, 0) is 9.53 Å². The number of methoxy groups -OCH3 is 2. The number of carbonyl (C=O) groups excluding carboxylic acids is 2. The number of carbonyl (C=O) groups is 2. The molecule has 1 N–H and O–H groups in total. The van der Waals surface area contributed by atoms with E-state index in [1.807, 2.05) is 25.7 Å². The van der Waals surface area contributed by atoms with E-state index >= 15 is 0 Å². The number of hydrogen-bond donors (Lipinski definition) is 1. The number of aromatic nitrogens is 3. The van der Waals surface area contributed by atoms with Gasteiger partial charge in [0.05, 0.1) is 26.6 Å². The molecule has 10 nitrogen and oxygen atoms in total. The zero-order valence-electron chi connectivity index (χ0n) is 18.0. The van der Waals surface area contributed by atoms with Gasteiger partial charge in [0.15, 0.2) is 11.5 Å². The molecule has 1 aliphatic heterocycles. The standard InChI is InChI=1S/C20H26N6O4/c1-7-14-18(27)25(4)15-10-22-20(24-17(15)26(14)11(2)3)23-13-9-21-12(19(28)30-6)8-16(13)29-5/h8-11,14H,7H2,1-6H3,(H,22,23,24)/t14-/m1/s1. The van der Waals surface area contributed by atoms with E-state index < -0.39 is 5.97 Å². The zero-order valence-corrected chi connectivity index (χ0v) is 18.0. The van der Waals surface area contributed by atoms with Crippen molar-refractivity contribution >= 4 is 35.0 Å². The van der Waals surface area contributed by atoms with Crippen LogP contribution >= 0.6 is 0 Å². The lowest BCUT2D eigenvalue weighted by Gasteiger charge is -2.42. The first-order valence-electron chi connectivity index (χ1n) is 9.64. The number of rotatable bonds is 6. The van der Waals surface area contributed by atoms with Gasteiger partial charge in [0, 0.05) is 19.2 Å². The molecule has 1 atom stereocenters. The van der Waals surface area contributed by atoms with E-state index in [0.29, 0.717) is 35.3 Å². The molecule has 0 fully saturated rings. The number of nitrogens with zero attached hydrogens (tertiary/aromatic N) is 5. The predicted molar refractivity (Wildman–Crippen MR) is 113 cm³/mol. The molecular formula is C20H26N6O4. The summed E-state index contributed by atoms with van der Waals surface area (Å²) in [4.78, 5) is 41.2. The zero-order chi connectivity index (χ0) is 22.0. The van der Waals surface area contributed by atoms with Crippen LogP contribution in [0.2, 0.25) is 0 Å². The summed E-state index contributed by atoms with van der Waals surface area (Å²) in [7, 11) is 4.51. The van der Waals surface area contributed by atoms with Crippen molar-refractivity contribution in [2.45, 2.75) is 39.3 Å². The Hall–Kier alpha value is -3.43. The summed E-state index contributed by atoms with van der Waals surface area (Å²) in [5.74, 6) is 0.853. The fourth-order valence-electron chi connectivity index (χ4n) is 3.47. The van der Waals surface area contributed by atoms with Gasteiger partial charge in [-0.15, -0.1) is 0 Å². The van der Waals surface area contributed by atoms with Crippen LogP contribution in [0.15, 0.2) is 18.5 Å². The first-order chi connectivity index (χ1) is 14.3. The molecule has 10 heteroatoms. The minimum atomic E-state index is -0.559. The minimum absolute atomic E-state index is 0.0206. The Bertz CT molecular complexity index is 964. The average Bonchev–Trinajstić information content (AvgIpc) is 2.75. The maximum atomic E-state index is 12.8. The van der Waals surface area contributed by atoms with E-state index in [4.69, 9.17) is 4.74 Å². The fraction of sp³-hybridized carbons (Fsp3) is 0.450. The van der Waals surface area contributed by atoms with Crippen molar-refractivity contribution in [2.24, 2.45) is 0 Å². The molecular weight excluding hydrogens is 388 g/mol. The summed E-state index contributed by atoms with van der Waals surface area (Å²) >= 11 is 0. The van der Waals surface area contributed by atoms with Crippen LogP contribution in [0.4, 0.5) is 23.1 Å². The van der Waals surface area contributed by atoms with Crippen molar-refractivity contribution in [3.05, 3.63) is 24.2 Å². The van der Waals surface area contributed by atoms with Crippen LogP contribution in [0.5, 0.6) is 5.75 Å². The molecule has 1 aliphatic rings. The molecule has 30 heavy (non-hydrogen) atoms. The normalized spacial score (nSPS) is 15.8. The van der Waals surface area contributed by atoms with Crippen molar-refractivity contribution in [1.82, 2.24) is 15.0 Å². The molecule has 0 bridgehead atoms. The second-order valence-electron chi connectivity index (χ2n) is 7.11. The summed E-state index contributed by atoms with van der Waals surface area (Å²) in [5.41, 5.74) is 1.27. The third-order valence-corrected chi connectivity index (χ3v) is 4.98.